The van der Waals surface area contributed by atoms with E-state index in [9.17, 15) is 4.39 Å². The van der Waals surface area contributed by atoms with Crippen LogP contribution in [0, 0.1) is 23.6 Å². The molecule has 0 saturated heterocycles. The number of hydrogen-bond donors (Lipinski definition) is 1. The molecule has 2 heteroatoms. The molecule has 114 valence electrons. The maximum atomic E-state index is 13.3. The fourth-order valence-corrected chi connectivity index (χ4v) is 2.88. The van der Waals surface area contributed by atoms with Crippen molar-refractivity contribution in [2.45, 2.75) is 47.0 Å². The number of benzene rings is 1. The smallest absolute Gasteiger partial charge is 0.123 e. The first-order valence-electron chi connectivity index (χ1n) is 8.01. The largest absolute Gasteiger partial charge is 0.316 e. The Labute approximate surface area is 124 Å². The van der Waals surface area contributed by atoms with Crippen molar-refractivity contribution < 1.29 is 4.39 Å². The van der Waals surface area contributed by atoms with Gasteiger partial charge in [0.05, 0.1) is 0 Å². The van der Waals surface area contributed by atoms with Gasteiger partial charge < -0.3 is 5.32 Å². The Morgan fingerprint density at radius 3 is 2.30 bits per heavy atom. The summed E-state index contributed by atoms with van der Waals surface area (Å²) in [6.45, 7) is 11.1. The summed E-state index contributed by atoms with van der Waals surface area (Å²) < 4.78 is 13.3. The molecule has 0 radical (unpaired) electrons. The molecule has 1 N–H and O–H groups in total. The maximum Gasteiger partial charge on any atom is 0.123 e. The Balaban J connectivity index is 2.66. The van der Waals surface area contributed by atoms with Crippen LogP contribution in [-0.4, -0.2) is 13.1 Å². The Morgan fingerprint density at radius 1 is 1.05 bits per heavy atom. The Morgan fingerprint density at radius 2 is 1.75 bits per heavy atom. The van der Waals surface area contributed by atoms with Gasteiger partial charge in [0.2, 0.25) is 0 Å². The highest BCUT2D eigenvalue weighted by Crippen LogP contribution is 2.23. The van der Waals surface area contributed by atoms with E-state index in [0.29, 0.717) is 17.8 Å². The van der Waals surface area contributed by atoms with Gasteiger partial charge >= 0.3 is 0 Å². The summed E-state index contributed by atoms with van der Waals surface area (Å²) in [7, 11) is 0. The Hall–Kier alpha value is -0.890. The predicted octanol–water partition coefficient (Wildman–Crippen LogP) is 4.67. The lowest BCUT2D eigenvalue weighted by atomic mass is 9.83. The van der Waals surface area contributed by atoms with Crippen LogP contribution >= 0.6 is 0 Å². The lowest BCUT2D eigenvalue weighted by molar-refractivity contribution is 0.294. The predicted molar refractivity (Wildman–Crippen MR) is 85.4 cm³/mol. The van der Waals surface area contributed by atoms with E-state index >= 15 is 0 Å². The van der Waals surface area contributed by atoms with Crippen molar-refractivity contribution in [1.29, 1.82) is 0 Å². The standard InChI is InChI=1S/C18H30FN/c1-5-16(6-2)17(13-20-12-14(3)4)10-15-8-7-9-18(19)11-15/h7-9,11,14,16-17,20H,5-6,10,12-13H2,1-4H3. The summed E-state index contributed by atoms with van der Waals surface area (Å²) >= 11 is 0. The molecule has 20 heavy (non-hydrogen) atoms. The second-order valence-electron chi connectivity index (χ2n) is 6.22. The molecule has 1 nitrogen and oxygen atoms in total. The van der Waals surface area contributed by atoms with Crippen molar-refractivity contribution in [1.82, 2.24) is 5.32 Å². The number of halogens is 1. The minimum absolute atomic E-state index is 0.124. The molecule has 0 aromatic heterocycles. The van der Waals surface area contributed by atoms with E-state index in [1.807, 2.05) is 12.1 Å². The van der Waals surface area contributed by atoms with Gasteiger partial charge in [-0.1, -0.05) is 52.7 Å². The van der Waals surface area contributed by atoms with Crippen molar-refractivity contribution in [2.24, 2.45) is 17.8 Å². The summed E-state index contributed by atoms with van der Waals surface area (Å²) in [6.07, 6.45) is 3.36. The van der Waals surface area contributed by atoms with E-state index in [0.717, 1.165) is 25.1 Å². The molecule has 0 fully saturated rings. The van der Waals surface area contributed by atoms with Crippen LogP contribution in [0.1, 0.15) is 46.1 Å². The van der Waals surface area contributed by atoms with Crippen LogP contribution in [0.4, 0.5) is 4.39 Å². The highest BCUT2D eigenvalue weighted by molar-refractivity contribution is 5.17. The van der Waals surface area contributed by atoms with Gasteiger partial charge in [-0.25, -0.2) is 4.39 Å². The van der Waals surface area contributed by atoms with Crippen LogP contribution in [0.15, 0.2) is 24.3 Å². The summed E-state index contributed by atoms with van der Waals surface area (Å²) in [5.74, 6) is 1.84. The third-order valence-corrected chi connectivity index (χ3v) is 4.06. The summed E-state index contributed by atoms with van der Waals surface area (Å²) in [5.41, 5.74) is 1.12. The Bertz CT molecular complexity index is 371. The molecule has 0 heterocycles. The molecular formula is C18H30FN. The zero-order valence-electron chi connectivity index (χ0n) is 13.5. The first kappa shape index (κ1) is 17.2. The number of rotatable bonds is 9. The second kappa shape index (κ2) is 9.12. The summed E-state index contributed by atoms with van der Waals surface area (Å²) in [6, 6.07) is 7.06. The number of nitrogens with one attached hydrogen (secondary N) is 1. The van der Waals surface area contributed by atoms with Crippen LogP contribution in [0.2, 0.25) is 0 Å². The van der Waals surface area contributed by atoms with E-state index < -0.39 is 0 Å². The molecule has 0 spiro atoms. The molecular weight excluding hydrogens is 249 g/mol. The third kappa shape index (κ3) is 6.04. The molecule has 1 rings (SSSR count). The van der Waals surface area contributed by atoms with Gasteiger partial charge in [0.1, 0.15) is 5.82 Å². The van der Waals surface area contributed by atoms with Gasteiger partial charge in [0, 0.05) is 0 Å². The van der Waals surface area contributed by atoms with E-state index in [-0.39, 0.29) is 5.82 Å². The molecule has 1 atom stereocenters. The molecule has 0 aliphatic heterocycles. The third-order valence-electron chi connectivity index (χ3n) is 4.06. The zero-order valence-corrected chi connectivity index (χ0v) is 13.5. The minimum Gasteiger partial charge on any atom is -0.316 e. The average Bonchev–Trinajstić information content (AvgIpc) is 2.39. The van der Waals surface area contributed by atoms with Crippen molar-refractivity contribution in [2.75, 3.05) is 13.1 Å². The van der Waals surface area contributed by atoms with Crippen molar-refractivity contribution in [3.05, 3.63) is 35.6 Å². The fraction of sp³-hybridized carbons (Fsp3) is 0.667. The van der Waals surface area contributed by atoms with Gasteiger partial charge in [-0.3, -0.25) is 0 Å². The van der Waals surface area contributed by atoms with E-state index in [1.165, 1.54) is 18.9 Å². The van der Waals surface area contributed by atoms with Gasteiger partial charge in [-0.05, 0) is 55.0 Å². The highest BCUT2D eigenvalue weighted by atomic mass is 19.1. The average molecular weight is 279 g/mol. The second-order valence-corrected chi connectivity index (χ2v) is 6.22. The van der Waals surface area contributed by atoms with Crippen molar-refractivity contribution >= 4 is 0 Å². The van der Waals surface area contributed by atoms with Crippen molar-refractivity contribution in [3.8, 4) is 0 Å². The van der Waals surface area contributed by atoms with Gasteiger partial charge in [0.25, 0.3) is 0 Å². The molecule has 0 aliphatic rings. The van der Waals surface area contributed by atoms with Gasteiger partial charge in [-0.15, -0.1) is 0 Å². The Kier molecular flexibility index (Phi) is 7.83. The number of hydrogen-bond acceptors (Lipinski definition) is 1. The van der Waals surface area contributed by atoms with E-state index in [1.54, 1.807) is 6.07 Å². The van der Waals surface area contributed by atoms with Crippen LogP contribution in [0.5, 0.6) is 0 Å². The van der Waals surface area contributed by atoms with Crippen LogP contribution in [-0.2, 0) is 6.42 Å². The van der Waals surface area contributed by atoms with E-state index in [4.69, 9.17) is 0 Å². The summed E-state index contributed by atoms with van der Waals surface area (Å²) in [5, 5.41) is 3.58. The molecule has 0 bridgehead atoms. The van der Waals surface area contributed by atoms with Crippen molar-refractivity contribution in [3.63, 3.8) is 0 Å². The SMILES string of the molecule is CCC(CC)C(CNCC(C)C)Cc1cccc(F)c1. The quantitative estimate of drug-likeness (QED) is 0.693. The topological polar surface area (TPSA) is 12.0 Å². The molecule has 0 aliphatic carbocycles. The lowest BCUT2D eigenvalue weighted by Gasteiger charge is -2.26. The highest BCUT2D eigenvalue weighted by Gasteiger charge is 2.19. The first-order chi connectivity index (χ1) is 9.56. The van der Waals surface area contributed by atoms with Crippen LogP contribution in [0.25, 0.3) is 0 Å². The zero-order chi connectivity index (χ0) is 15.0. The molecule has 1 unspecified atom stereocenters. The van der Waals surface area contributed by atoms with Crippen LogP contribution in [0.3, 0.4) is 0 Å². The monoisotopic (exact) mass is 279 g/mol. The maximum absolute atomic E-state index is 13.3. The summed E-state index contributed by atoms with van der Waals surface area (Å²) in [4.78, 5) is 0. The lowest BCUT2D eigenvalue weighted by Crippen LogP contribution is -2.31. The fourth-order valence-electron chi connectivity index (χ4n) is 2.88. The molecule has 0 amide bonds. The molecule has 0 saturated carbocycles. The first-order valence-corrected chi connectivity index (χ1v) is 8.01. The van der Waals surface area contributed by atoms with Gasteiger partial charge in [-0.2, -0.15) is 0 Å². The van der Waals surface area contributed by atoms with Crippen LogP contribution < -0.4 is 5.32 Å². The minimum atomic E-state index is -0.124. The van der Waals surface area contributed by atoms with Gasteiger partial charge in [0.15, 0.2) is 0 Å². The van der Waals surface area contributed by atoms with E-state index in [2.05, 4.69) is 33.0 Å². The normalized spacial score (nSPS) is 13.2. The molecule has 1 aromatic carbocycles. The molecule has 1 aromatic rings.